The molecule has 0 aromatic heterocycles. The molecule has 0 aliphatic carbocycles. The Morgan fingerprint density at radius 3 is 2.67 bits per heavy atom. The van der Waals surface area contributed by atoms with Crippen molar-refractivity contribution in [3.63, 3.8) is 0 Å². The monoisotopic (exact) mass is 164 g/mol. The van der Waals surface area contributed by atoms with Crippen molar-refractivity contribution in [2.24, 2.45) is 21.9 Å². The van der Waals surface area contributed by atoms with E-state index in [0.717, 1.165) is 11.1 Å². The fourth-order valence-electron chi connectivity index (χ4n) is 0.977. The first kappa shape index (κ1) is 8.67. The lowest BCUT2D eigenvalue weighted by Crippen LogP contribution is -1.96. The summed E-state index contributed by atoms with van der Waals surface area (Å²) in [6.07, 6.45) is 0. The fraction of sp³-hybridized carbons (Fsp3) is 0.250. The third-order valence-corrected chi connectivity index (χ3v) is 1.56. The molecule has 0 saturated carbocycles. The highest BCUT2D eigenvalue weighted by molar-refractivity contribution is 5.23. The molecule has 0 radical (unpaired) electrons. The lowest BCUT2D eigenvalue weighted by molar-refractivity contribution is 0.889. The van der Waals surface area contributed by atoms with Gasteiger partial charge in [0.05, 0.1) is 6.54 Å². The Labute approximate surface area is 71.3 Å². The SMILES string of the molecule is NCc1cccc(CN=NN)c1. The van der Waals surface area contributed by atoms with Crippen molar-refractivity contribution in [3.8, 4) is 0 Å². The highest BCUT2D eigenvalue weighted by Gasteiger charge is 1.92. The first-order valence-electron chi connectivity index (χ1n) is 3.71. The summed E-state index contributed by atoms with van der Waals surface area (Å²) in [7, 11) is 0. The van der Waals surface area contributed by atoms with Crippen LogP contribution in [0.25, 0.3) is 0 Å². The molecule has 0 bridgehead atoms. The van der Waals surface area contributed by atoms with Gasteiger partial charge in [0, 0.05) is 6.54 Å². The minimum absolute atomic E-state index is 0.518. The van der Waals surface area contributed by atoms with Crippen molar-refractivity contribution >= 4 is 0 Å². The van der Waals surface area contributed by atoms with Crippen molar-refractivity contribution in [3.05, 3.63) is 35.4 Å². The van der Waals surface area contributed by atoms with Gasteiger partial charge < -0.3 is 11.6 Å². The smallest absolute Gasteiger partial charge is 0.0870 e. The lowest BCUT2D eigenvalue weighted by atomic mass is 10.1. The van der Waals surface area contributed by atoms with E-state index >= 15 is 0 Å². The molecule has 0 fully saturated rings. The van der Waals surface area contributed by atoms with Crippen molar-refractivity contribution < 1.29 is 0 Å². The van der Waals surface area contributed by atoms with Gasteiger partial charge in [0.15, 0.2) is 0 Å². The van der Waals surface area contributed by atoms with E-state index in [0.29, 0.717) is 13.1 Å². The minimum atomic E-state index is 0.518. The molecule has 64 valence electrons. The van der Waals surface area contributed by atoms with Gasteiger partial charge in [0.1, 0.15) is 0 Å². The quantitative estimate of drug-likeness (QED) is 0.396. The summed E-state index contributed by atoms with van der Waals surface area (Å²) < 4.78 is 0. The van der Waals surface area contributed by atoms with Crippen LogP contribution in [0.4, 0.5) is 0 Å². The van der Waals surface area contributed by atoms with Crippen LogP contribution in [0.3, 0.4) is 0 Å². The molecule has 0 aliphatic rings. The zero-order chi connectivity index (χ0) is 8.81. The Hall–Kier alpha value is -1.42. The van der Waals surface area contributed by atoms with Gasteiger partial charge in [0.25, 0.3) is 0 Å². The minimum Gasteiger partial charge on any atom is -0.326 e. The molecular formula is C8H12N4. The van der Waals surface area contributed by atoms with Crippen molar-refractivity contribution in [2.75, 3.05) is 0 Å². The summed E-state index contributed by atoms with van der Waals surface area (Å²) in [4.78, 5) is 0. The largest absolute Gasteiger partial charge is 0.326 e. The molecule has 0 aliphatic heterocycles. The van der Waals surface area contributed by atoms with Gasteiger partial charge in [-0.05, 0) is 11.1 Å². The van der Waals surface area contributed by atoms with Crippen LogP contribution in [0.5, 0.6) is 0 Å². The van der Waals surface area contributed by atoms with Gasteiger partial charge in [-0.3, -0.25) is 0 Å². The maximum Gasteiger partial charge on any atom is 0.0870 e. The number of hydrogen-bond acceptors (Lipinski definition) is 3. The lowest BCUT2D eigenvalue weighted by Gasteiger charge is -1.98. The summed E-state index contributed by atoms with van der Waals surface area (Å²) in [5.74, 6) is 4.88. The third-order valence-electron chi connectivity index (χ3n) is 1.56. The van der Waals surface area contributed by atoms with E-state index in [1.807, 2.05) is 24.3 Å². The predicted molar refractivity (Wildman–Crippen MR) is 47.1 cm³/mol. The third kappa shape index (κ3) is 2.32. The topological polar surface area (TPSA) is 76.8 Å². The molecule has 12 heavy (non-hydrogen) atoms. The van der Waals surface area contributed by atoms with Crippen LogP contribution in [0.2, 0.25) is 0 Å². The van der Waals surface area contributed by atoms with Crippen molar-refractivity contribution in [2.45, 2.75) is 13.1 Å². The molecule has 1 aromatic rings. The Kier molecular flexibility index (Phi) is 3.22. The number of rotatable bonds is 3. The van der Waals surface area contributed by atoms with E-state index in [1.165, 1.54) is 0 Å². The van der Waals surface area contributed by atoms with Gasteiger partial charge in [0.2, 0.25) is 0 Å². The van der Waals surface area contributed by atoms with E-state index in [9.17, 15) is 0 Å². The molecule has 0 saturated heterocycles. The molecule has 0 amide bonds. The van der Waals surface area contributed by atoms with E-state index in [2.05, 4.69) is 10.3 Å². The highest BCUT2D eigenvalue weighted by atomic mass is 15.3. The van der Waals surface area contributed by atoms with Gasteiger partial charge in [-0.1, -0.05) is 29.5 Å². The van der Waals surface area contributed by atoms with Crippen LogP contribution < -0.4 is 11.6 Å². The summed E-state index contributed by atoms with van der Waals surface area (Å²) in [6, 6.07) is 7.88. The number of nitrogens with two attached hydrogens (primary N) is 2. The molecule has 0 heterocycles. The van der Waals surface area contributed by atoms with E-state index in [4.69, 9.17) is 11.6 Å². The van der Waals surface area contributed by atoms with Gasteiger partial charge in [-0.15, -0.1) is 0 Å². The molecule has 1 rings (SSSR count). The Morgan fingerprint density at radius 2 is 2.00 bits per heavy atom. The van der Waals surface area contributed by atoms with Crippen LogP contribution in [0, 0.1) is 0 Å². The zero-order valence-electron chi connectivity index (χ0n) is 6.77. The number of nitrogens with zero attached hydrogens (tertiary/aromatic N) is 2. The van der Waals surface area contributed by atoms with Crippen LogP contribution >= 0.6 is 0 Å². The first-order valence-corrected chi connectivity index (χ1v) is 3.71. The number of benzene rings is 1. The Morgan fingerprint density at radius 1 is 1.25 bits per heavy atom. The second-order valence-electron chi connectivity index (χ2n) is 2.44. The number of hydrogen-bond donors (Lipinski definition) is 2. The van der Waals surface area contributed by atoms with Crippen LogP contribution in [-0.4, -0.2) is 0 Å². The van der Waals surface area contributed by atoms with Crippen LogP contribution in [0.1, 0.15) is 11.1 Å². The molecule has 1 aromatic carbocycles. The molecule has 0 unspecified atom stereocenters. The summed E-state index contributed by atoms with van der Waals surface area (Å²) >= 11 is 0. The maximum absolute atomic E-state index is 5.47. The van der Waals surface area contributed by atoms with E-state index in [-0.39, 0.29) is 0 Å². The van der Waals surface area contributed by atoms with E-state index in [1.54, 1.807) is 0 Å². The molecule has 0 atom stereocenters. The van der Waals surface area contributed by atoms with E-state index < -0.39 is 0 Å². The van der Waals surface area contributed by atoms with Crippen LogP contribution in [-0.2, 0) is 13.1 Å². The fourth-order valence-corrected chi connectivity index (χ4v) is 0.977. The van der Waals surface area contributed by atoms with Gasteiger partial charge in [-0.2, -0.15) is 5.11 Å². The zero-order valence-corrected chi connectivity index (χ0v) is 6.77. The molecule has 4 N–H and O–H groups in total. The molecule has 0 spiro atoms. The highest BCUT2D eigenvalue weighted by Crippen LogP contribution is 2.05. The normalized spacial score (nSPS) is 10.8. The molecule has 4 nitrogen and oxygen atoms in total. The van der Waals surface area contributed by atoms with Crippen molar-refractivity contribution in [1.82, 2.24) is 0 Å². The molecular weight excluding hydrogens is 152 g/mol. The van der Waals surface area contributed by atoms with Crippen LogP contribution in [0.15, 0.2) is 34.6 Å². The van der Waals surface area contributed by atoms with Crippen molar-refractivity contribution in [1.29, 1.82) is 0 Å². The standard InChI is InChI=1S/C8H12N4/c9-5-7-2-1-3-8(4-7)6-11-12-10/h1-4H,5-6,9H2,(H2,10,11). The molecule has 4 heteroatoms. The summed E-state index contributed by atoms with van der Waals surface area (Å²) in [6.45, 7) is 1.07. The second kappa shape index (κ2) is 4.46. The average molecular weight is 164 g/mol. The summed E-state index contributed by atoms with van der Waals surface area (Å²) in [5.41, 5.74) is 7.64. The average Bonchev–Trinajstić information content (AvgIpc) is 2.15. The predicted octanol–water partition coefficient (Wildman–Crippen LogP) is 0.971. The van der Waals surface area contributed by atoms with Gasteiger partial charge >= 0.3 is 0 Å². The maximum atomic E-state index is 5.47. The Bertz CT molecular complexity index is 270. The van der Waals surface area contributed by atoms with Gasteiger partial charge in [-0.25, -0.2) is 0 Å². The Balaban J connectivity index is 2.72. The second-order valence-corrected chi connectivity index (χ2v) is 2.44. The first-order chi connectivity index (χ1) is 5.86. The summed E-state index contributed by atoms with van der Waals surface area (Å²) in [5, 5.41) is 6.86.